The van der Waals surface area contributed by atoms with Gasteiger partial charge >= 0.3 is 5.97 Å². The Morgan fingerprint density at radius 3 is 2.82 bits per heavy atom. The van der Waals surface area contributed by atoms with Gasteiger partial charge in [0.05, 0.1) is 14.2 Å². The topological polar surface area (TPSA) is 61.5 Å². The number of hydrogen-bond donors (Lipinski definition) is 1. The summed E-state index contributed by atoms with van der Waals surface area (Å²) in [4.78, 5) is 11.7. The van der Waals surface area contributed by atoms with E-state index in [1.807, 2.05) is 24.3 Å². The maximum Gasteiger partial charge on any atom is 0.323 e. The van der Waals surface area contributed by atoms with Crippen LogP contribution in [0.4, 0.5) is 0 Å². The quantitative estimate of drug-likeness (QED) is 0.782. The van der Waals surface area contributed by atoms with E-state index in [9.17, 15) is 4.79 Å². The summed E-state index contributed by atoms with van der Waals surface area (Å²) in [5.74, 6) is 1.17. The average Bonchev–Trinajstić information content (AvgIpc) is 2.39. The highest BCUT2D eigenvalue weighted by atomic mass is 32.2. The molecule has 2 N–H and O–H groups in total. The third kappa shape index (κ3) is 3.94. The summed E-state index contributed by atoms with van der Waals surface area (Å²) < 4.78 is 9.93. The fourth-order valence-corrected chi connectivity index (χ4v) is 2.34. The lowest BCUT2D eigenvalue weighted by molar-refractivity contribution is -0.140. The van der Waals surface area contributed by atoms with Crippen LogP contribution in [0.5, 0.6) is 5.75 Å². The van der Waals surface area contributed by atoms with Gasteiger partial charge < -0.3 is 15.2 Å². The van der Waals surface area contributed by atoms with E-state index >= 15 is 0 Å². The van der Waals surface area contributed by atoms with Crippen molar-refractivity contribution in [2.24, 2.45) is 5.73 Å². The highest BCUT2D eigenvalue weighted by molar-refractivity contribution is 8.00. The molecule has 0 aliphatic rings. The molecule has 1 atom stereocenters. The van der Waals surface area contributed by atoms with Crippen molar-refractivity contribution >= 4 is 17.7 Å². The zero-order valence-corrected chi connectivity index (χ0v) is 10.8. The third-order valence-corrected chi connectivity index (χ3v) is 3.48. The first-order valence-electron chi connectivity index (χ1n) is 5.26. The lowest BCUT2D eigenvalue weighted by Gasteiger charge is -2.14. The maximum absolute atomic E-state index is 11.7. The van der Waals surface area contributed by atoms with Crippen LogP contribution in [0.25, 0.3) is 0 Å². The molecule has 1 aromatic carbocycles. The molecule has 0 heterocycles. The number of benzene rings is 1. The standard InChI is InChI=1S/C12H17NO3S/c1-15-10-5-3-4-9(8-10)11(12(14)16-2)17-7-6-13/h3-5,8,11H,6-7,13H2,1-2H3/t11-/m1/s1. The van der Waals surface area contributed by atoms with Gasteiger partial charge in [0, 0.05) is 12.3 Å². The molecule has 0 saturated carbocycles. The van der Waals surface area contributed by atoms with Crippen molar-refractivity contribution < 1.29 is 14.3 Å². The first-order chi connectivity index (χ1) is 8.22. The second kappa shape index (κ2) is 7.19. The number of rotatable bonds is 6. The van der Waals surface area contributed by atoms with Gasteiger partial charge in [0.2, 0.25) is 0 Å². The molecule has 0 saturated heterocycles. The summed E-state index contributed by atoms with van der Waals surface area (Å²) in [6, 6.07) is 7.41. The summed E-state index contributed by atoms with van der Waals surface area (Å²) in [7, 11) is 2.98. The van der Waals surface area contributed by atoms with Gasteiger partial charge in [0.25, 0.3) is 0 Å². The first-order valence-corrected chi connectivity index (χ1v) is 6.31. The van der Waals surface area contributed by atoms with Gasteiger partial charge in [-0.1, -0.05) is 12.1 Å². The lowest BCUT2D eigenvalue weighted by Crippen LogP contribution is -2.14. The lowest BCUT2D eigenvalue weighted by atomic mass is 10.1. The maximum atomic E-state index is 11.7. The minimum absolute atomic E-state index is 0.267. The molecule has 0 bridgehead atoms. The van der Waals surface area contributed by atoms with Gasteiger partial charge in [-0.05, 0) is 17.7 Å². The van der Waals surface area contributed by atoms with Crippen molar-refractivity contribution in [3.05, 3.63) is 29.8 Å². The molecule has 1 rings (SSSR count). The molecule has 4 nitrogen and oxygen atoms in total. The monoisotopic (exact) mass is 255 g/mol. The van der Waals surface area contributed by atoms with Gasteiger partial charge in [-0.3, -0.25) is 4.79 Å². The van der Waals surface area contributed by atoms with Crippen molar-refractivity contribution in [3.63, 3.8) is 0 Å². The molecular weight excluding hydrogens is 238 g/mol. The highest BCUT2D eigenvalue weighted by Gasteiger charge is 2.21. The molecule has 5 heteroatoms. The Labute approximate surface area is 105 Å². The summed E-state index contributed by atoms with van der Waals surface area (Å²) in [5.41, 5.74) is 6.32. The third-order valence-electron chi connectivity index (χ3n) is 2.21. The largest absolute Gasteiger partial charge is 0.497 e. The van der Waals surface area contributed by atoms with Gasteiger partial charge in [-0.15, -0.1) is 11.8 Å². The summed E-state index contributed by atoms with van der Waals surface area (Å²) in [6.07, 6.45) is 0. The second-order valence-electron chi connectivity index (χ2n) is 3.34. The fourth-order valence-electron chi connectivity index (χ4n) is 1.40. The normalized spacial score (nSPS) is 11.9. The molecule has 0 radical (unpaired) electrons. The number of hydrogen-bond acceptors (Lipinski definition) is 5. The van der Waals surface area contributed by atoms with E-state index < -0.39 is 0 Å². The highest BCUT2D eigenvalue weighted by Crippen LogP contribution is 2.31. The van der Waals surface area contributed by atoms with Crippen LogP contribution in [0.1, 0.15) is 10.8 Å². The molecule has 1 aromatic rings. The molecule has 17 heavy (non-hydrogen) atoms. The number of carbonyl (C=O) groups excluding carboxylic acids is 1. The molecule has 0 amide bonds. The second-order valence-corrected chi connectivity index (χ2v) is 4.55. The summed E-state index contributed by atoms with van der Waals surface area (Å²) >= 11 is 1.47. The van der Waals surface area contributed by atoms with Crippen molar-refractivity contribution in [2.45, 2.75) is 5.25 Å². The molecule has 0 aromatic heterocycles. The van der Waals surface area contributed by atoms with Crippen LogP contribution in [0, 0.1) is 0 Å². The van der Waals surface area contributed by atoms with Crippen LogP contribution in [-0.2, 0) is 9.53 Å². The van der Waals surface area contributed by atoms with E-state index in [-0.39, 0.29) is 11.2 Å². The number of thioether (sulfide) groups is 1. The smallest absolute Gasteiger partial charge is 0.323 e. The Kier molecular flexibility index (Phi) is 5.86. The summed E-state index contributed by atoms with van der Waals surface area (Å²) in [6.45, 7) is 0.530. The van der Waals surface area contributed by atoms with Crippen LogP contribution >= 0.6 is 11.8 Å². The van der Waals surface area contributed by atoms with E-state index in [0.717, 1.165) is 11.3 Å². The summed E-state index contributed by atoms with van der Waals surface area (Å²) in [5, 5.41) is -0.348. The van der Waals surface area contributed by atoms with Crippen LogP contribution in [0.3, 0.4) is 0 Å². The molecule has 0 aliphatic carbocycles. The van der Waals surface area contributed by atoms with Gasteiger partial charge in [-0.25, -0.2) is 0 Å². The average molecular weight is 255 g/mol. The Bertz CT molecular complexity index is 371. The fraction of sp³-hybridized carbons (Fsp3) is 0.417. The van der Waals surface area contributed by atoms with Crippen LogP contribution in [-0.4, -0.2) is 32.5 Å². The molecular formula is C12H17NO3S. The zero-order valence-electron chi connectivity index (χ0n) is 10.0. The number of ether oxygens (including phenoxy) is 2. The SMILES string of the molecule is COC(=O)[C@H](SCCN)c1cccc(OC)c1. The van der Waals surface area contributed by atoms with Gasteiger partial charge in [0.1, 0.15) is 11.0 Å². The molecule has 0 fully saturated rings. The minimum Gasteiger partial charge on any atom is -0.497 e. The zero-order chi connectivity index (χ0) is 12.7. The van der Waals surface area contributed by atoms with Crippen molar-refractivity contribution in [1.29, 1.82) is 0 Å². The van der Waals surface area contributed by atoms with E-state index in [0.29, 0.717) is 12.3 Å². The van der Waals surface area contributed by atoms with Crippen molar-refractivity contribution in [1.82, 2.24) is 0 Å². The predicted octanol–water partition coefficient (Wildman–Crippen LogP) is 1.60. The van der Waals surface area contributed by atoms with Crippen LogP contribution < -0.4 is 10.5 Å². The van der Waals surface area contributed by atoms with E-state index in [1.165, 1.54) is 18.9 Å². The minimum atomic E-state index is -0.348. The van der Waals surface area contributed by atoms with Crippen molar-refractivity contribution in [2.75, 3.05) is 26.5 Å². The van der Waals surface area contributed by atoms with E-state index in [1.54, 1.807) is 7.11 Å². The number of nitrogens with two attached hydrogens (primary N) is 1. The Balaban J connectivity index is 2.90. The Hall–Kier alpha value is -1.20. The number of carbonyl (C=O) groups is 1. The molecule has 0 unspecified atom stereocenters. The van der Waals surface area contributed by atoms with E-state index in [4.69, 9.17) is 15.2 Å². The van der Waals surface area contributed by atoms with Crippen molar-refractivity contribution in [3.8, 4) is 5.75 Å². The van der Waals surface area contributed by atoms with Gasteiger partial charge in [-0.2, -0.15) is 0 Å². The predicted molar refractivity (Wildman–Crippen MR) is 69.3 cm³/mol. The molecule has 94 valence electrons. The Morgan fingerprint density at radius 2 is 2.24 bits per heavy atom. The first kappa shape index (κ1) is 13.9. The van der Waals surface area contributed by atoms with E-state index in [2.05, 4.69) is 0 Å². The Morgan fingerprint density at radius 1 is 1.47 bits per heavy atom. The van der Waals surface area contributed by atoms with Gasteiger partial charge in [0.15, 0.2) is 0 Å². The number of esters is 1. The molecule has 0 aliphatic heterocycles. The number of methoxy groups -OCH3 is 2. The van der Waals surface area contributed by atoms with Crippen LogP contribution in [0.15, 0.2) is 24.3 Å². The molecule has 0 spiro atoms. The van der Waals surface area contributed by atoms with Crippen LogP contribution in [0.2, 0.25) is 0 Å².